The van der Waals surface area contributed by atoms with Crippen molar-refractivity contribution in [1.82, 2.24) is 9.80 Å². The molecule has 1 aromatic carbocycles. The molecule has 0 aromatic heterocycles. The summed E-state index contributed by atoms with van der Waals surface area (Å²) in [6.45, 7) is 7.95. The van der Waals surface area contributed by atoms with Gasteiger partial charge in [0.1, 0.15) is 0 Å². The zero-order valence-corrected chi connectivity index (χ0v) is 11.8. The number of piperazine rings is 1. The van der Waals surface area contributed by atoms with Crippen LogP contribution in [0.5, 0.6) is 0 Å². The van der Waals surface area contributed by atoms with Gasteiger partial charge in [0, 0.05) is 43.4 Å². The number of carbonyl (C=O) groups excluding carboxylic acids is 1. The fourth-order valence-corrected chi connectivity index (χ4v) is 2.44. The van der Waals surface area contributed by atoms with E-state index >= 15 is 0 Å². The summed E-state index contributed by atoms with van der Waals surface area (Å²) in [4.78, 5) is 26.8. The Hall–Kier alpha value is -1.95. The maximum atomic E-state index is 12.4. The van der Waals surface area contributed by atoms with Crippen molar-refractivity contribution in [1.29, 1.82) is 0 Å². The largest absolute Gasteiger partial charge is 0.336 e. The second kappa shape index (κ2) is 6.00. The molecule has 1 aliphatic rings. The first-order chi connectivity index (χ1) is 9.52. The number of hydrogen-bond acceptors (Lipinski definition) is 4. The molecule has 0 aliphatic carbocycles. The molecule has 1 saturated heterocycles. The number of likely N-dealkylation sites (N-methyl/N-ethyl adjacent to an activating group) is 1. The third kappa shape index (κ3) is 2.96. The summed E-state index contributed by atoms with van der Waals surface area (Å²) in [7, 11) is 0. The molecule has 0 N–H and O–H groups in total. The lowest BCUT2D eigenvalue weighted by atomic mass is 10.1. The number of aryl methyl sites for hydroxylation is 1. The molecular formula is C14H19N3O3. The van der Waals surface area contributed by atoms with Gasteiger partial charge in [0.2, 0.25) is 0 Å². The van der Waals surface area contributed by atoms with E-state index < -0.39 is 4.92 Å². The lowest BCUT2D eigenvalue weighted by Crippen LogP contribution is -2.48. The van der Waals surface area contributed by atoms with Crippen LogP contribution in [0.25, 0.3) is 0 Å². The third-order valence-corrected chi connectivity index (χ3v) is 3.75. The van der Waals surface area contributed by atoms with Crippen LogP contribution in [-0.4, -0.2) is 53.4 Å². The highest BCUT2D eigenvalue weighted by atomic mass is 16.6. The Morgan fingerprint density at radius 3 is 2.45 bits per heavy atom. The number of nitro groups is 1. The molecule has 1 aromatic rings. The smallest absolute Gasteiger partial charge is 0.272 e. The summed E-state index contributed by atoms with van der Waals surface area (Å²) in [5, 5.41) is 10.8. The van der Waals surface area contributed by atoms with Crippen molar-refractivity contribution in [3.8, 4) is 0 Å². The van der Waals surface area contributed by atoms with Gasteiger partial charge in [-0.1, -0.05) is 6.92 Å². The van der Waals surface area contributed by atoms with Gasteiger partial charge < -0.3 is 9.80 Å². The highest BCUT2D eigenvalue weighted by molar-refractivity contribution is 5.94. The fraction of sp³-hybridized carbons (Fsp3) is 0.500. The Morgan fingerprint density at radius 2 is 1.95 bits per heavy atom. The number of hydrogen-bond donors (Lipinski definition) is 0. The molecule has 6 heteroatoms. The predicted molar refractivity (Wildman–Crippen MR) is 75.9 cm³/mol. The standard InChI is InChI=1S/C14H19N3O3/c1-3-15-6-8-16(9-7-15)14(18)12-4-5-13(17(19)20)11(2)10-12/h4-5,10H,3,6-9H2,1-2H3. The molecule has 0 radical (unpaired) electrons. The Balaban J connectivity index is 2.10. The Morgan fingerprint density at radius 1 is 1.30 bits per heavy atom. The van der Waals surface area contributed by atoms with E-state index in [-0.39, 0.29) is 11.6 Å². The molecule has 20 heavy (non-hydrogen) atoms. The lowest BCUT2D eigenvalue weighted by molar-refractivity contribution is -0.385. The first kappa shape index (κ1) is 14.5. The van der Waals surface area contributed by atoms with Gasteiger partial charge >= 0.3 is 0 Å². The first-order valence-electron chi connectivity index (χ1n) is 6.79. The van der Waals surface area contributed by atoms with Gasteiger partial charge in [-0.25, -0.2) is 0 Å². The Kier molecular flexibility index (Phi) is 4.34. The van der Waals surface area contributed by atoms with Crippen LogP contribution in [0.2, 0.25) is 0 Å². The quantitative estimate of drug-likeness (QED) is 0.623. The lowest BCUT2D eigenvalue weighted by Gasteiger charge is -2.34. The van der Waals surface area contributed by atoms with Crippen LogP contribution in [0.15, 0.2) is 18.2 Å². The van der Waals surface area contributed by atoms with E-state index in [1.54, 1.807) is 19.1 Å². The maximum Gasteiger partial charge on any atom is 0.272 e. The second-order valence-corrected chi connectivity index (χ2v) is 4.98. The number of nitrogens with zero attached hydrogens (tertiary/aromatic N) is 3. The molecule has 0 atom stereocenters. The number of amides is 1. The summed E-state index contributed by atoms with van der Waals surface area (Å²) in [5.74, 6) is -0.0428. The molecular weight excluding hydrogens is 258 g/mol. The van der Waals surface area contributed by atoms with Crippen LogP contribution < -0.4 is 0 Å². The Labute approximate surface area is 118 Å². The van der Waals surface area contributed by atoms with E-state index in [4.69, 9.17) is 0 Å². The number of rotatable bonds is 3. The molecule has 1 amide bonds. The fourth-order valence-electron chi connectivity index (χ4n) is 2.44. The summed E-state index contributed by atoms with van der Waals surface area (Å²) in [6.07, 6.45) is 0. The second-order valence-electron chi connectivity index (χ2n) is 4.98. The van der Waals surface area contributed by atoms with Gasteiger partial charge in [-0.05, 0) is 25.6 Å². The molecule has 1 aliphatic heterocycles. The van der Waals surface area contributed by atoms with Gasteiger partial charge in [-0.3, -0.25) is 14.9 Å². The SMILES string of the molecule is CCN1CCN(C(=O)c2ccc([N+](=O)[O-])c(C)c2)CC1. The van der Waals surface area contributed by atoms with Crippen molar-refractivity contribution in [2.45, 2.75) is 13.8 Å². The summed E-state index contributed by atoms with van der Waals surface area (Å²) in [5.41, 5.74) is 1.10. The molecule has 2 rings (SSSR count). The van der Waals surface area contributed by atoms with Crippen LogP contribution >= 0.6 is 0 Å². The van der Waals surface area contributed by atoms with Crippen LogP contribution in [0.1, 0.15) is 22.8 Å². The number of carbonyl (C=O) groups is 1. The molecule has 0 saturated carbocycles. The summed E-state index contributed by atoms with van der Waals surface area (Å²) >= 11 is 0. The average molecular weight is 277 g/mol. The average Bonchev–Trinajstić information content (AvgIpc) is 2.46. The molecule has 108 valence electrons. The van der Waals surface area contributed by atoms with E-state index in [1.165, 1.54) is 6.07 Å². The minimum absolute atomic E-state index is 0.0428. The first-order valence-corrected chi connectivity index (χ1v) is 6.79. The normalized spacial score (nSPS) is 16.2. The monoisotopic (exact) mass is 277 g/mol. The van der Waals surface area contributed by atoms with Crippen molar-refractivity contribution in [3.05, 3.63) is 39.4 Å². The van der Waals surface area contributed by atoms with Gasteiger partial charge in [-0.15, -0.1) is 0 Å². The van der Waals surface area contributed by atoms with E-state index in [0.717, 1.165) is 19.6 Å². The van der Waals surface area contributed by atoms with Crippen molar-refractivity contribution in [3.63, 3.8) is 0 Å². The van der Waals surface area contributed by atoms with Gasteiger partial charge in [0.05, 0.1) is 4.92 Å². The van der Waals surface area contributed by atoms with Gasteiger partial charge in [-0.2, -0.15) is 0 Å². The highest BCUT2D eigenvalue weighted by Gasteiger charge is 2.22. The molecule has 0 unspecified atom stereocenters. The topological polar surface area (TPSA) is 66.7 Å². The van der Waals surface area contributed by atoms with Crippen LogP contribution in [0.4, 0.5) is 5.69 Å². The van der Waals surface area contributed by atoms with Crippen LogP contribution in [0.3, 0.4) is 0 Å². The van der Waals surface area contributed by atoms with E-state index in [9.17, 15) is 14.9 Å². The van der Waals surface area contributed by atoms with Crippen molar-refractivity contribution in [2.24, 2.45) is 0 Å². The zero-order valence-electron chi connectivity index (χ0n) is 11.8. The number of benzene rings is 1. The van der Waals surface area contributed by atoms with Gasteiger partial charge in [0.15, 0.2) is 0 Å². The zero-order chi connectivity index (χ0) is 14.7. The third-order valence-electron chi connectivity index (χ3n) is 3.75. The molecule has 1 heterocycles. The van der Waals surface area contributed by atoms with E-state index in [2.05, 4.69) is 11.8 Å². The summed E-state index contributed by atoms with van der Waals surface area (Å²) < 4.78 is 0. The van der Waals surface area contributed by atoms with Crippen molar-refractivity contribution < 1.29 is 9.72 Å². The highest BCUT2D eigenvalue weighted by Crippen LogP contribution is 2.20. The molecule has 0 spiro atoms. The van der Waals surface area contributed by atoms with Crippen LogP contribution in [-0.2, 0) is 0 Å². The molecule has 0 bridgehead atoms. The van der Waals surface area contributed by atoms with Gasteiger partial charge in [0.25, 0.3) is 11.6 Å². The van der Waals surface area contributed by atoms with Crippen molar-refractivity contribution >= 4 is 11.6 Å². The van der Waals surface area contributed by atoms with E-state index in [0.29, 0.717) is 24.2 Å². The Bertz CT molecular complexity index is 522. The van der Waals surface area contributed by atoms with Crippen LogP contribution in [0, 0.1) is 17.0 Å². The predicted octanol–water partition coefficient (Wildman–Crippen LogP) is 1.68. The maximum absolute atomic E-state index is 12.4. The minimum atomic E-state index is -0.427. The number of nitro benzene ring substituents is 1. The van der Waals surface area contributed by atoms with Crippen molar-refractivity contribution in [2.75, 3.05) is 32.7 Å². The minimum Gasteiger partial charge on any atom is -0.336 e. The molecule has 1 fully saturated rings. The summed E-state index contributed by atoms with van der Waals surface area (Å²) in [6, 6.07) is 4.55. The van der Waals surface area contributed by atoms with E-state index in [1.807, 2.05) is 4.90 Å². The molecule has 6 nitrogen and oxygen atoms in total.